The maximum Gasteiger partial charge on any atom is 0.310 e. The van der Waals surface area contributed by atoms with Crippen LogP contribution < -0.4 is 21.1 Å². The highest BCUT2D eigenvalue weighted by Crippen LogP contribution is 2.31. The Morgan fingerprint density at radius 3 is 2.76 bits per heavy atom. The number of esters is 1. The molecule has 0 aliphatic carbocycles. The fraction of sp³-hybridized carbons (Fsp3) is 0.409. The smallest absolute Gasteiger partial charge is 0.310 e. The van der Waals surface area contributed by atoms with Crippen LogP contribution in [0.15, 0.2) is 29.1 Å². The second-order valence-electron chi connectivity index (χ2n) is 7.99. The summed E-state index contributed by atoms with van der Waals surface area (Å²) in [6.07, 6.45) is 1.16. The van der Waals surface area contributed by atoms with Crippen molar-refractivity contribution >= 4 is 35.2 Å². The summed E-state index contributed by atoms with van der Waals surface area (Å²) < 4.78 is 18.2. The number of carbonyl (C=O) groups is 3. The summed E-state index contributed by atoms with van der Waals surface area (Å²) in [7, 11) is 0. The summed E-state index contributed by atoms with van der Waals surface area (Å²) >= 11 is 0. The predicted molar refractivity (Wildman–Crippen MR) is 117 cm³/mol. The van der Waals surface area contributed by atoms with Crippen LogP contribution in [-0.4, -0.2) is 47.4 Å². The Kier molecular flexibility index (Phi) is 6.38. The Bertz CT molecular complexity index is 1130. The van der Waals surface area contributed by atoms with Gasteiger partial charge in [-0.05, 0) is 44.0 Å². The maximum absolute atomic E-state index is 13.1. The fourth-order valence-electron chi connectivity index (χ4n) is 4.12. The third-order valence-corrected chi connectivity index (χ3v) is 5.71. The molecule has 1 fully saturated rings. The van der Waals surface area contributed by atoms with Crippen molar-refractivity contribution in [1.29, 1.82) is 0 Å². The van der Waals surface area contributed by atoms with Crippen LogP contribution in [0, 0.1) is 11.7 Å². The van der Waals surface area contributed by atoms with E-state index in [0.29, 0.717) is 31.6 Å². The number of anilines is 3. The zero-order chi connectivity index (χ0) is 23.5. The number of fused-ring (bicyclic) bond motifs is 1. The molecular formula is C22H24FN5O5. The Labute approximate surface area is 188 Å². The Morgan fingerprint density at radius 2 is 2.03 bits per heavy atom. The van der Waals surface area contributed by atoms with Gasteiger partial charge < -0.3 is 20.3 Å². The van der Waals surface area contributed by atoms with Gasteiger partial charge in [0.15, 0.2) is 0 Å². The van der Waals surface area contributed by atoms with Crippen LogP contribution in [0.25, 0.3) is 0 Å². The normalized spacial score (nSPS) is 19.9. The second kappa shape index (κ2) is 9.39. The second-order valence-corrected chi connectivity index (χ2v) is 7.99. The van der Waals surface area contributed by atoms with E-state index in [1.54, 1.807) is 11.8 Å². The van der Waals surface area contributed by atoms with Gasteiger partial charge in [0.1, 0.15) is 11.6 Å². The average molecular weight is 457 g/mol. The summed E-state index contributed by atoms with van der Waals surface area (Å²) in [6.45, 7) is 2.92. The van der Waals surface area contributed by atoms with Gasteiger partial charge in [-0.25, -0.2) is 4.39 Å². The van der Waals surface area contributed by atoms with E-state index in [0.717, 1.165) is 0 Å². The highest BCUT2D eigenvalue weighted by molar-refractivity contribution is 6.04. The van der Waals surface area contributed by atoms with Crippen LogP contribution >= 0.6 is 0 Å². The van der Waals surface area contributed by atoms with E-state index in [9.17, 15) is 23.6 Å². The molecule has 0 bridgehead atoms. The fourth-order valence-corrected chi connectivity index (χ4v) is 4.12. The zero-order valence-corrected chi connectivity index (χ0v) is 18.0. The molecule has 1 aromatic heterocycles. The molecule has 0 saturated carbocycles. The summed E-state index contributed by atoms with van der Waals surface area (Å²) in [5, 5.41) is 5.18. The van der Waals surface area contributed by atoms with Crippen LogP contribution in [0.3, 0.4) is 0 Å². The molecule has 2 aliphatic heterocycles. The molecule has 0 unspecified atom stereocenters. The molecule has 3 heterocycles. The maximum atomic E-state index is 13.1. The Morgan fingerprint density at radius 1 is 1.27 bits per heavy atom. The van der Waals surface area contributed by atoms with Crippen LogP contribution in [0.4, 0.5) is 21.8 Å². The van der Waals surface area contributed by atoms with Crippen LogP contribution in [-0.2, 0) is 19.1 Å². The summed E-state index contributed by atoms with van der Waals surface area (Å²) in [4.78, 5) is 59.1. The molecule has 2 amide bonds. The first-order valence-electron chi connectivity index (χ1n) is 10.8. The monoisotopic (exact) mass is 457 g/mol. The summed E-state index contributed by atoms with van der Waals surface area (Å²) in [5.41, 5.74) is -0.155. The first-order chi connectivity index (χ1) is 15.9. The molecule has 0 spiro atoms. The number of aromatic amines is 1. The third kappa shape index (κ3) is 4.86. The largest absolute Gasteiger partial charge is 0.466 e. The molecule has 0 radical (unpaired) electrons. The van der Waals surface area contributed by atoms with Gasteiger partial charge in [0.25, 0.3) is 5.56 Å². The number of hydrogen-bond acceptors (Lipinski definition) is 7. The first-order valence-corrected chi connectivity index (χ1v) is 10.8. The minimum atomic E-state index is -1.06. The standard InChI is InChI=1S/C22H24FN5O5/c1-2-33-21(32)12-4-3-9-28(11-12)22-26-18-17(20(31)27-22)15(10-16(29)25-18)19(30)24-14-7-5-13(23)6-8-14/h5-8,12,15H,2-4,9-11H2,1H3,(H,24,30)(H2,25,26,27,29,31)/t12-,15-/m1/s1. The van der Waals surface area contributed by atoms with E-state index in [1.807, 2.05) is 0 Å². The molecule has 2 atom stereocenters. The number of nitrogens with one attached hydrogen (secondary N) is 3. The number of ether oxygens (including phenoxy) is 1. The number of rotatable bonds is 5. The summed E-state index contributed by atoms with van der Waals surface area (Å²) in [5.74, 6) is -2.94. The van der Waals surface area contributed by atoms with E-state index in [4.69, 9.17) is 4.74 Å². The molecule has 1 aromatic carbocycles. The van der Waals surface area contributed by atoms with Crippen molar-refractivity contribution in [3.8, 4) is 0 Å². The lowest BCUT2D eigenvalue weighted by atomic mass is 9.92. The van der Waals surface area contributed by atoms with Crippen molar-refractivity contribution in [3.05, 3.63) is 46.0 Å². The van der Waals surface area contributed by atoms with Gasteiger partial charge in [-0.15, -0.1) is 0 Å². The number of benzene rings is 1. The molecule has 1 saturated heterocycles. The van der Waals surface area contributed by atoms with E-state index in [1.165, 1.54) is 24.3 Å². The molecule has 2 aromatic rings. The van der Waals surface area contributed by atoms with Crippen molar-refractivity contribution in [3.63, 3.8) is 0 Å². The lowest BCUT2D eigenvalue weighted by Crippen LogP contribution is -2.42. The Hall–Kier alpha value is -3.76. The molecule has 33 heavy (non-hydrogen) atoms. The minimum Gasteiger partial charge on any atom is -0.466 e. The lowest BCUT2D eigenvalue weighted by Gasteiger charge is -2.32. The van der Waals surface area contributed by atoms with Gasteiger partial charge >= 0.3 is 5.97 Å². The first kappa shape index (κ1) is 22.4. The van der Waals surface area contributed by atoms with Crippen LogP contribution in [0.1, 0.15) is 37.7 Å². The molecule has 2 aliphatic rings. The summed E-state index contributed by atoms with van der Waals surface area (Å²) in [6, 6.07) is 5.16. The molecule has 4 rings (SSSR count). The number of H-pyrrole nitrogens is 1. The van der Waals surface area contributed by atoms with Gasteiger partial charge in [-0.3, -0.25) is 24.2 Å². The van der Waals surface area contributed by atoms with Crippen molar-refractivity contribution in [2.45, 2.75) is 32.1 Å². The van der Waals surface area contributed by atoms with Crippen LogP contribution in [0.2, 0.25) is 0 Å². The third-order valence-electron chi connectivity index (χ3n) is 5.71. The van der Waals surface area contributed by atoms with Crippen molar-refractivity contribution in [2.24, 2.45) is 5.92 Å². The van der Waals surface area contributed by atoms with E-state index in [-0.39, 0.29) is 42.2 Å². The highest BCUT2D eigenvalue weighted by atomic mass is 19.1. The van der Waals surface area contributed by atoms with Gasteiger partial charge in [0.2, 0.25) is 17.8 Å². The molecule has 10 nitrogen and oxygen atoms in total. The minimum absolute atomic E-state index is 0.0162. The Balaban J connectivity index is 1.59. The lowest BCUT2D eigenvalue weighted by molar-refractivity contribution is -0.148. The number of carbonyl (C=O) groups excluding carboxylic acids is 3. The van der Waals surface area contributed by atoms with E-state index in [2.05, 4.69) is 20.6 Å². The van der Waals surface area contributed by atoms with E-state index >= 15 is 0 Å². The van der Waals surface area contributed by atoms with Gasteiger partial charge in [-0.1, -0.05) is 0 Å². The number of piperidine rings is 1. The number of nitrogens with zero attached hydrogens (tertiary/aromatic N) is 2. The topological polar surface area (TPSA) is 133 Å². The van der Waals surface area contributed by atoms with E-state index < -0.39 is 29.1 Å². The van der Waals surface area contributed by atoms with Gasteiger partial charge in [-0.2, -0.15) is 4.98 Å². The molecular weight excluding hydrogens is 433 g/mol. The van der Waals surface area contributed by atoms with Gasteiger partial charge in [0, 0.05) is 25.2 Å². The zero-order valence-electron chi connectivity index (χ0n) is 18.0. The number of aromatic nitrogens is 2. The number of hydrogen-bond donors (Lipinski definition) is 3. The number of halogens is 1. The van der Waals surface area contributed by atoms with Crippen LogP contribution in [0.5, 0.6) is 0 Å². The molecule has 11 heteroatoms. The quantitative estimate of drug-likeness (QED) is 0.583. The molecule has 3 N–H and O–H groups in total. The average Bonchev–Trinajstić information content (AvgIpc) is 2.80. The SMILES string of the molecule is CCOC(=O)[C@@H]1CCCN(c2nc3c(c(=O)[nH]2)[C@H](C(=O)Nc2ccc(F)cc2)CC(=O)N3)C1. The molecule has 174 valence electrons. The number of amides is 2. The highest BCUT2D eigenvalue weighted by Gasteiger charge is 2.36. The predicted octanol–water partition coefficient (Wildman–Crippen LogP) is 1.75. The van der Waals surface area contributed by atoms with Gasteiger partial charge in [0.05, 0.1) is 24.0 Å². The van der Waals surface area contributed by atoms with Crippen molar-refractivity contribution in [1.82, 2.24) is 9.97 Å². The van der Waals surface area contributed by atoms with Crippen molar-refractivity contribution < 1.29 is 23.5 Å². The van der Waals surface area contributed by atoms with Crippen molar-refractivity contribution in [2.75, 3.05) is 35.2 Å².